The van der Waals surface area contributed by atoms with Crippen LogP contribution in [0.1, 0.15) is 21.6 Å². The van der Waals surface area contributed by atoms with Crippen molar-refractivity contribution in [3.8, 4) is 0 Å². The molecule has 1 N–H and O–H groups in total. The zero-order valence-electron chi connectivity index (χ0n) is 11.1. The van der Waals surface area contributed by atoms with Crippen molar-refractivity contribution in [2.75, 3.05) is 0 Å². The van der Waals surface area contributed by atoms with Crippen molar-refractivity contribution in [3.63, 3.8) is 0 Å². The summed E-state index contributed by atoms with van der Waals surface area (Å²) in [6.45, 7) is -0.197. The first-order valence-electron chi connectivity index (χ1n) is 6.00. The highest BCUT2D eigenvalue weighted by atomic mass is 35.5. The van der Waals surface area contributed by atoms with Crippen LogP contribution in [0.5, 0.6) is 0 Å². The zero-order chi connectivity index (χ0) is 17.2. The predicted octanol–water partition coefficient (Wildman–Crippen LogP) is 4.39. The van der Waals surface area contributed by atoms with E-state index in [1.807, 2.05) is 0 Å². The molecule has 0 aliphatic heterocycles. The minimum absolute atomic E-state index is 0.0427. The molecule has 2 aromatic heterocycles. The Morgan fingerprint density at radius 1 is 1.17 bits per heavy atom. The average Bonchev–Trinajstić information content (AvgIpc) is 2.44. The molecule has 0 unspecified atom stereocenters. The minimum atomic E-state index is -4.55. The fraction of sp³-hybridized carbons (Fsp3) is 0.154. The van der Waals surface area contributed by atoms with Gasteiger partial charge in [0.15, 0.2) is 0 Å². The Labute approximate surface area is 143 Å². The summed E-state index contributed by atoms with van der Waals surface area (Å²) in [4.78, 5) is 19.4. The number of rotatable bonds is 3. The molecule has 1 amide bonds. The number of hydrogen-bond donors (Lipinski definition) is 1. The molecule has 0 bridgehead atoms. The molecular weight excluding hydrogens is 378 g/mol. The van der Waals surface area contributed by atoms with E-state index in [4.69, 9.17) is 34.8 Å². The van der Waals surface area contributed by atoms with Gasteiger partial charge in [0.05, 0.1) is 33.4 Å². The molecule has 0 saturated heterocycles. The third kappa shape index (κ3) is 4.25. The van der Waals surface area contributed by atoms with Crippen molar-refractivity contribution < 1.29 is 18.0 Å². The van der Waals surface area contributed by atoms with E-state index in [2.05, 4.69) is 15.3 Å². The third-order valence-corrected chi connectivity index (χ3v) is 3.67. The lowest BCUT2D eigenvalue weighted by atomic mass is 10.2. The highest BCUT2D eigenvalue weighted by Crippen LogP contribution is 2.31. The quantitative estimate of drug-likeness (QED) is 0.799. The van der Waals surface area contributed by atoms with Crippen LogP contribution < -0.4 is 5.32 Å². The van der Waals surface area contributed by atoms with Gasteiger partial charge in [-0.2, -0.15) is 13.2 Å². The Kier molecular flexibility index (Phi) is 5.33. The second-order valence-corrected chi connectivity index (χ2v) is 5.46. The van der Waals surface area contributed by atoms with Gasteiger partial charge in [-0.25, -0.2) is 4.98 Å². The van der Waals surface area contributed by atoms with E-state index in [1.165, 1.54) is 12.3 Å². The van der Waals surface area contributed by atoms with Gasteiger partial charge < -0.3 is 5.32 Å². The number of nitrogens with one attached hydrogen (secondary N) is 1. The van der Waals surface area contributed by atoms with E-state index in [1.54, 1.807) is 0 Å². The van der Waals surface area contributed by atoms with Crippen molar-refractivity contribution in [2.24, 2.45) is 0 Å². The van der Waals surface area contributed by atoms with E-state index < -0.39 is 17.6 Å². The molecular formula is C13H7Cl3F3N3O. The highest BCUT2D eigenvalue weighted by molar-refractivity contribution is 6.38. The third-order valence-electron chi connectivity index (χ3n) is 2.74. The molecule has 122 valence electrons. The van der Waals surface area contributed by atoms with Crippen LogP contribution in [0.15, 0.2) is 24.5 Å². The lowest BCUT2D eigenvalue weighted by Crippen LogP contribution is -2.24. The normalized spacial score (nSPS) is 11.4. The second kappa shape index (κ2) is 6.90. The van der Waals surface area contributed by atoms with Crippen molar-refractivity contribution in [1.29, 1.82) is 0 Å². The Morgan fingerprint density at radius 2 is 1.87 bits per heavy atom. The summed E-state index contributed by atoms with van der Waals surface area (Å²) in [5.74, 6) is -0.647. The number of halogens is 6. The Balaban J connectivity index is 2.14. The van der Waals surface area contributed by atoms with Gasteiger partial charge in [-0.15, -0.1) is 0 Å². The number of pyridine rings is 2. The van der Waals surface area contributed by atoms with Crippen molar-refractivity contribution >= 4 is 40.7 Å². The summed E-state index contributed by atoms with van der Waals surface area (Å²) >= 11 is 17.4. The van der Waals surface area contributed by atoms with E-state index in [-0.39, 0.29) is 33.0 Å². The summed E-state index contributed by atoms with van der Waals surface area (Å²) in [6, 6.07) is 2.12. The minimum Gasteiger partial charge on any atom is -0.346 e. The molecule has 0 atom stereocenters. The van der Waals surface area contributed by atoms with Crippen molar-refractivity contribution in [1.82, 2.24) is 15.3 Å². The molecule has 2 heterocycles. The van der Waals surface area contributed by atoms with Gasteiger partial charge in [0.25, 0.3) is 5.91 Å². The van der Waals surface area contributed by atoms with Gasteiger partial charge in [-0.1, -0.05) is 34.8 Å². The molecule has 2 aromatic rings. The molecule has 0 aliphatic carbocycles. The molecule has 0 saturated carbocycles. The molecule has 2 rings (SSSR count). The molecule has 4 nitrogen and oxygen atoms in total. The van der Waals surface area contributed by atoms with Gasteiger partial charge in [0.1, 0.15) is 5.15 Å². The number of nitrogens with zero attached hydrogens (tertiary/aromatic N) is 2. The van der Waals surface area contributed by atoms with Crippen LogP contribution in [-0.2, 0) is 12.7 Å². The van der Waals surface area contributed by atoms with E-state index >= 15 is 0 Å². The summed E-state index contributed by atoms with van der Waals surface area (Å²) in [5, 5.41) is 2.20. The summed E-state index contributed by atoms with van der Waals surface area (Å²) < 4.78 is 37.6. The summed E-state index contributed by atoms with van der Waals surface area (Å²) in [7, 11) is 0. The van der Waals surface area contributed by atoms with Crippen LogP contribution in [0.2, 0.25) is 15.2 Å². The lowest BCUT2D eigenvalue weighted by molar-refractivity contribution is -0.137. The Bertz CT molecular complexity index is 733. The molecule has 23 heavy (non-hydrogen) atoms. The van der Waals surface area contributed by atoms with Gasteiger partial charge in [0.2, 0.25) is 0 Å². The number of carbonyl (C=O) groups excluding carboxylic acids is 1. The number of alkyl halides is 3. The molecule has 0 radical (unpaired) electrons. The lowest BCUT2D eigenvalue weighted by Gasteiger charge is -2.10. The van der Waals surface area contributed by atoms with Crippen LogP contribution in [0, 0.1) is 0 Å². The van der Waals surface area contributed by atoms with Crippen molar-refractivity contribution in [2.45, 2.75) is 12.7 Å². The van der Waals surface area contributed by atoms with Gasteiger partial charge in [-0.3, -0.25) is 9.78 Å². The van der Waals surface area contributed by atoms with Crippen LogP contribution in [0.4, 0.5) is 13.2 Å². The number of aromatic nitrogens is 2. The van der Waals surface area contributed by atoms with Gasteiger partial charge >= 0.3 is 6.18 Å². The van der Waals surface area contributed by atoms with Crippen LogP contribution >= 0.6 is 34.8 Å². The first kappa shape index (κ1) is 17.8. The van der Waals surface area contributed by atoms with Crippen LogP contribution in [0.25, 0.3) is 0 Å². The van der Waals surface area contributed by atoms with Crippen molar-refractivity contribution in [3.05, 3.63) is 56.5 Å². The maximum atomic E-state index is 12.5. The topological polar surface area (TPSA) is 54.9 Å². The maximum Gasteiger partial charge on any atom is 0.417 e. The first-order chi connectivity index (χ1) is 10.7. The monoisotopic (exact) mass is 383 g/mol. The Morgan fingerprint density at radius 3 is 2.43 bits per heavy atom. The molecule has 0 aromatic carbocycles. The first-order valence-corrected chi connectivity index (χ1v) is 7.13. The number of hydrogen-bond acceptors (Lipinski definition) is 3. The smallest absolute Gasteiger partial charge is 0.346 e. The maximum absolute atomic E-state index is 12.5. The summed E-state index contributed by atoms with van der Waals surface area (Å²) in [6.07, 6.45) is -2.58. The molecule has 10 heteroatoms. The van der Waals surface area contributed by atoms with E-state index in [0.717, 1.165) is 6.07 Å². The summed E-state index contributed by atoms with van der Waals surface area (Å²) in [5.41, 5.74) is -0.945. The van der Waals surface area contributed by atoms with Gasteiger partial charge in [-0.05, 0) is 12.1 Å². The second-order valence-electron chi connectivity index (χ2n) is 4.29. The van der Waals surface area contributed by atoms with E-state index in [9.17, 15) is 18.0 Å². The average molecular weight is 385 g/mol. The highest BCUT2D eigenvalue weighted by Gasteiger charge is 2.31. The van der Waals surface area contributed by atoms with Crippen LogP contribution in [0.3, 0.4) is 0 Å². The fourth-order valence-electron chi connectivity index (χ4n) is 1.62. The van der Waals surface area contributed by atoms with Gasteiger partial charge in [0, 0.05) is 12.4 Å². The predicted molar refractivity (Wildman–Crippen MR) is 79.7 cm³/mol. The van der Waals surface area contributed by atoms with Crippen LogP contribution in [-0.4, -0.2) is 15.9 Å². The fourth-order valence-corrected chi connectivity index (χ4v) is 2.38. The SMILES string of the molecule is O=C(NCc1ncc(C(F)(F)F)cc1Cl)c1c(Cl)ccnc1Cl. The zero-order valence-corrected chi connectivity index (χ0v) is 13.4. The number of carbonyl (C=O) groups is 1. The number of amides is 1. The Hall–Kier alpha value is -1.57. The molecule has 0 spiro atoms. The van der Waals surface area contributed by atoms with E-state index in [0.29, 0.717) is 6.20 Å². The largest absolute Gasteiger partial charge is 0.417 e. The molecule has 0 fully saturated rings. The molecule has 0 aliphatic rings. The standard InChI is InChI=1S/C13H7Cl3F3N3O/c14-7-1-2-20-11(16)10(7)12(23)22-5-9-8(15)3-6(4-21-9)13(17,18)19/h1-4H,5H2,(H,22,23).